The summed E-state index contributed by atoms with van der Waals surface area (Å²) in [6.07, 6.45) is 7.93. The molecule has 2 fully saturated rings. The summed E-state index contributed by atoms with van der Waals surface area (Å²) in [4.78, 5) is 2.70. The number of piperidine rings is 1. The molecule has 0 aromatic carbocycles. The lowest BCUT2D eigenvalue weighted by Crippen LogP contribution is -2.43. The smallest absolute Gasteiger partial charge is 0.0111 e. The fourth-order valence-electron chi connectivity index (χ4n) is 3.11. The molecule has 1 saturated carbocycles. The zero-order chi connectivity index (χ0) is 10.9. The van der Waals surface area contributed by atoms with Gasteiger partial charge in [-0.05, 0) is 50.6 Å². The van der Waals surface area contributed by atoms with Crippen LogP contribution in [0.2, 0.25) is 0 Å². The summed E-state index contributed by atoms with van der Waals surface area (Å²) in [6.45, 7) is 7.40. The molecule has 2 nitrogen and oxygen atoms in total. The van der Waals surface area contributed by atoms with Crippen LogP contribution in [0.3, 0.4) is 0 Å². The van der Waals surface area contributed by atoms with Crippen molar-refractivity contribution in [1.82, 2.24) is 4.90 Å². The summed E-state index contributed by atoms with van der Waals surface area (Å²) in [7, 11) is 0. The Morgan fingerprint density at radius 2 is 1.93 bits per heavy atom. The van der Waals surface area contributed by atoms with Gasteiger partial charge in [0.1, 0.15) is 0 Å². The SMILES string of the molecule is CCC1(C)CCN(C2CCC(N)C2)CC1. The Morgan fingerprint density at radius 3 is 2.40 bits per heavy atom. The van der Waals surface area contributed by atoms with Crippen molar-refractivity contribution in [1.29, 1.82) is 0 Å². The van der Waals surface area contributed by atoms with Gasteiger partial charge in [-0.15, -0.1) is 0 Å². The first-order valence-electron chi connectivity index (χ1n) is 6.62. The summed E-state index contributed by atoms with van der Waals surface area (Å²) >= 11 is 0. The first-order chi connectivity index (χ1) is 7.13. The second-order valence-electron chi connectivity index (χ2n) is 5.93. The van der Waals surface area contributed by atoms with Crippen molar-refractivity contribution in [2.24, 2.45) is 11.1 Å². The Kier molecular flexibility index (Phi) is 3.36. The lowest BCUT2D eigenvalue weighted by Gasteiger charge is -2.41. The third-order valence-electron chi connectivity index (χ3n) is 4.82. The molecule has 0 radical (unpaired) electrons. The highest BCUT2D eigenvalue weighted by Gasteiger charge is 2.33. The minimum Gasteiger partial charge on any atom is -0.328 e. The molecule has 15 heavy (non-hydrogen) atoms. The largest absolute Gasteiger partial charge is 0.328 e. The van der Waals surface area contributed by atoms with Crippen LogP contribution in [0.4, 0.5) is 0 Å². The van der Waals surface area contributed by atoms with Crippen LogP contribution >= 0.6 is 0 Å². The second kappa shape index (κ2) is 4.42. The first-order valence-corrected chi connectivity index (χ1v) is 6.62. The molecule has 2 N–H and O–H groups in total. The Balaban J connectivity index is 1.83. The van der Waals surface area contributed by atoms with Crippen molar-refractivity contribution < 1.29 is 0 Å². The summed E-state index contributed by atoms with van der Waals surface area (Å²) in [5.41, 5.74) is 6.61. The van der Waals surface area contributed by atoms with E-state index in [9.17, 15) is 0 Å². The fraction of sp³-hybridized carbons (Fsp3) is 1.00. The molecule has 0 aromatic rings. The van der Waals surface area contributed by atoms with Crippen molar-refractivity contribution in [2.75, 3.05) is 13.1 Å². The molecular formula is C13H26N2. The van der Waals surface area contributed by atoms with E-state index in [-0.39, 0.29) is 0 Å². The van der Waals surface area contributed by atoms with Crippen LogP contribution in [0, 0.1) is 5.41 Å². The van der Waals surface area contributed by atoms with E-state index in [1.807, 2.05) is 0 Å². The van der Waals surface area contributed by atoms with Gasteiger partial charge in [0.05, 0.1) is 0 Å². The minimum atomic E-state index is 0.481. The van der Waals surface area contributed by atoms with Gasteiger partial charge in [-0.25, -0.2) is 0 Å². The van der Waals surface area contributed by atoms with Crippen LogP contribution in [0.1, 0.15) is 52.4 Å². The highest BCUT2D eigenvalue weighted by atomic mass is 15.2. The van der Waals surface area contributed by atoms with Crippen LogP contribution in [0.25, 0.3) is 0 Å². The Bertz CT molecular complexity index is 207. The summed E-state index contributed by atoms with van der Waals surface area (Å²) in [5, 5.41) is 0. The molecule has 0 amide bonds. The first kappa shape index (κ1) is 11.4. The molecule has 1 heterocycles. The van der Waals surface area contributed by atoms with Crippen molar-refractivity contribution in [3.8, 4) is 0 Å². The predicted octanol–water partition coefficient (Wildman–Crippen LogP) is 2.38. The van der Waals surface area contributed by atoms with Crippen molar-refractivity contribution in [3.05, 3.63) is 0 Å². The maximum Gasteiger partial charge on any atom is 0.0111 e. The molecule has 1 saturated heterocycles. The molecule has 2 rings (SSSR count). The van der Waals surface area contributed by atoms with E-state index in [0.29, 0.717) is 11.5 Å². The maximum absolute atomic E-state index is 5.98. The van der Waals surface area contributed by atoms with Crippen LogP contribution in [0.15, 0.2) is 0 Å². The molecule has 0 bridgehead atoms. The topological polar surface area (TPSA) is 29.3 Å². The average Bonchev–Trinajstić information content (AvgIpc) is 2.66. The van der Waals surface area contributed by atoms with Gasteiger partial charge in [0, 0.05) is 12.1 Å². The Hall–Kier alpha value is -0.0800. The fourth-order valence-corrected chi connectivity index (χ4v) is 3.11. The zero-order valence-corrected chi connectivity index (χ0v) is 10.3. The highest BCUT2D eigenvalue weighted by molar-refractivity contribution is 4.89. The lowest BCUT2D eigenvalue weighted by molar-refractivity contribution is 0.0821. The van der Waals surface area contributed by atoms with E-state index in [1.165, 1.54) is 51.6 Å². The van der Waals surface area contributed by atoms with Crippen LogP contribution in [-0.4, -0.2) is 30.1 Å². The second-order valence-corrected chi connectivity index (χ2v) is 5.93. The van der Waals surface area contributed by atoms with Crippen LogP contribution in [0.5, 0.6) is 0 Å². The standard InChI is InChI=1S/C13H26N2/c1-3-13(2)6-8-15(9-7-13)12-5-4-11(14)10-12/h11-12H,3-10,14H2,1-2H3. The quantitative estimate of drug-likeness (QED) is 0.758. The van der Waals surface area contributed by atoms with E-state index in [0.717, 1.165) is 6.04 Å². The van der Waals surface area contributed by atoms with Gasteiger partial charge in [-0.3, -0.25) is 0 Å². The van der Waals surface area contributed by atoms with Gasteiger partial charge in [0.2, 0.25) is 0 Å². The number of hydrogen-bond donors (Lipinski definition) is 1. The molecule has 1 aliphatic carbocycles. The third kappa shape index (κ3) is 2.54. The van der Waals surface area contributed by atoms with Gasteiger partial charge < -0.3 is 10.6 Å². The summed E-state index contributed by atoms with van der Waals surface area (Å²) < 4.78 is 0. The van der Waals surface area contributed by atoms with Crippen LogP contribution in [-0.2, 0) is 0 Å². The van der Waals surface area contributed by atoms with E-state index in [1.54, 1.807) is 0 Å². The molecule has 88 valence electrons. The molecule has 2 aliphatic rings. The Labute approximate surface area is 94.2 Å². The van der Waals surface area contributed by atoms with Gasteiger partial charge in [-0.2, -0.15) is 0 Å². The number of nitrogens with two attached hydrogens (primary N) is 1. The van der Waals surface area contributed by atoms with Crippen molar-refractivity contribution >= 4 is 0 Å². The molecule has 2 atom stereocenters. The molecule has 0 aromatic heterocycles. The normalized spacial score (nSPS) is 37.0. The zero-order valence-electron chi connectivity index (χ0n) is 10.3. The van der Waals surface area contributed by atoms with E-state index >= 15 is 0 Å². The number of nitrogens with zero attached hydrogens (tertiary/aromatic N) is 1. The molecule has 0 spiro atoms. The average molecular weight is 210 g/mol. The third-order valence-corrected chi connectivity index (χ3v) is 4.82. The molecule has 1 aliphatic heterocycles. The lowest BCUT2D eigenvalue weighted by atomic mass is 9.78. The predicted molar refractivity (Wildman–Crippen MR) is 64.8 cm³/mol. The van der Waals surface area contributed by atoms with Gasteiger partial charge >= 0.3 is 0 Å². The molecule has 2 unspecified atom stereocenters. The minimum absolute atomic E-state index is 0.481. The Morgan fingerprint density at radius 1 is 1.27 bits per heavy atom. The number of likely N-dealkylation sites (tertiary alicyclic amines) is 1. The van der Waals surface area contributed by atoms with E-state index in [4.69, 9.17) is 5.73 Å². The molecular weight excluding hydrogens is 184 g/mol. The van der Waals surface area contributed by atoms with Crippen LogP contribution < -0.4 is 5.73 Å². The number of rotatable bonds is 2. The summed E-state index contributed by atoms with van der Waals surface area (Å²) in [6, 6.07) is 1.29. The maximum atomic E-state index is 5.98. The summed E-state index contributed by atoms with van der Waals surface area (Å²) in [5.74, 6) is 0. The number of hydrogen-bond acceptors (Lipinski definition) is 2. The highest BCUT2D eigenvalue weighted by Crippen LogP contribution is 2.36. The molecule has 2 heteroatoms. The van der Waals surface area contributed by atoms with E-state index < -0.39 is 0 Å². The van der Waals surface area contributed by atoms with Gasteiger partial charge in [0.25, 0.3) is 0 Å². The van der Waals surface area contributed by atoms with Crippen molar-refractivity contribution in [2.45, 2.75) is 64.5 Å². The van der Waals surface area contributed by atoms with Gasteiger partial charge in [0.15, 0.2) is 0 Å². The van der Waals surface area contributed by atoms with Crippen molar-refractivity contribution in [3.63, 3.8) is 0 Å². The monoisotopic (exact) mass is 210 g/mol. The van der Waals surface area contributed by atoms with Gasteiger partial charge in [-0.1, -0.05) is 20.3 Å². The van der Waals surface area contributed by atoms with E-state index in [2.05, 4.69) is 18.7 Å².